The van der Waals surface area contributed by atoms with Crippen molar-refractivity contribution in [2.45, 2.75) is 0 Å². The van der Waals surface area contributed by atoms with E-state index in [0.717, 1.165) is 0 Å². The van der Waals surface area contributed by atoms with Crippen molar-refractivity contribution in [1.29, 1.82) is 15.8 Å². The first-order valence-corrected chi connectivity index (χ1v) is 7.32. The average molecular weight is 305 g/mol. The van der Waals surface area contributed by atoms with Crippen molar-refractivity contribution in [3.63, 3.8) is 0 Å². The number of rotatable bonds is 2. The molecule has 0 aliphatic carbocycles. The van der Waals surface area contributed by atoms with Crippen LogP contribution in [0.15, 0.2) is 66.7 Å². The Kier molecular flexibility index (Phi) is 4.07. The van der Waals surface area contributed by atoms with Crippen molar-refractivity contribution in [3.8, 4) is 40.5 Å². The summed E-state index contributed by atoms with van der Waals surface area (Å²) in [6.45, 7) is 0. The lowest BCUT2D eigenvalue weighted by atomic mass is 9.89. The highest BCUT2D eigenvalue weighted by Crippen LogP contribution is 2.34. The van der Waals surface area contributed by atoms with Gasteiger partial charge >= 0.3 is 0 Å². The number of nitriles is 3. The van der Waals surface area contributed by atoms with E-state index in [4.69, 9.17) is 0 Å². The van der Waals surface area contributed by atoms with E-state index in [1.54, 1.807) is 24.3 Å². The van der Waals surface area contributed by atoms with Crippen LogP contribution in [-0.2, 0) is 0 Å². The van der Waals surface area contributed by atoms with Crippen molar-refractivity contribution in [3.05, 3.63) is 83.4 Å². The van der Waals surface area contributed by atoms with Crippen LogP contribution in [0.3, 0.4) is 0 Å². The number of benzene rings is 3. The fourth-order valence-corrected chi connectivity index (χ4v) is 2.75. The topological polar surface area (TPSA) is 71.4 Å². The van der Waals surface area contributed by atoms with Crippen LogP contribution in [0.25, 0.3) is 22.3 Å². The molecule has 0 atom stereocenters. The van der Waals surface area contributed by atoms with E-state index in [-0.39, 0.29) is 0 Å². The van der Waals surface area contributed by atoms with Gasteiger partial charge in [0.15, 0.2) is 0 Å². The van der Waals surface area contributed by atoms with Crippen LogP contribution < -0.4 is 0 Å². The molecule has 110 valence electrons. The minimum absolute atomic E-state index is 0.461. The SMILES string of the molecule is N#Cc1ccccc1-c1cccc(-c2ccccc2C#N)c1C#N. The molecule has 3 rings (SSSR count). The summed E-state index contributed by atoms with van der Waals surface area (Å²) < 4.78 is 0. The van der Waals surface area contributed by atoms with Crippen molar-refractivity contribution in [2.24, 2.45) is 0 Å². The Morgan fingerprint density at radius 1 is 0.458 bits per heavy atom. The van der Waals surface area contributed by atoms with E-state index < -0.39 is 0 Å². The third-order valence-electron chi connectivity index (χ3n) is 3.85. The Morgan fingerprint density at radius 3 is 1.29 bits per heavy atom. The maximum absolute atomic E-state index is 9.73. The molecule has 0 amide bonds. The molecule has 0 aromatic heterocycles. The fourth-order valence-electron chi connectivity index (χ4n) is 2.75. The van der Waals surface area contributed by atoms with E-state index in [1.807, 2.05) is 42.5 Å². The van der Waals surface area contributed by atoms with Crippen LogP contribution in [0.1, 0.15) is 16.7 Å². The molecule has 0 aliphatic rings. The number of nitrogens with zero attached hydrogens (tertiary/aromatic N) is 3. The van der Waals surface area contributed by atoms with Gasteiger partial charge in [-0.05, 0) is 12.1 Å². The zero-order valence-corrected chi connectivity index (χ0v) is 12.7. The van der Waals surface area contributed by atoms with Crippen LogP contribution in [-0.4, -0.2) is 0 Å². The zero-order chi connectivity index (χ0) is 16.9. The van der Waals surface area contributed by atoms with E-state index >= 15 is 0 Å². The summed E-state index contributed by atoms with van der Waals surface area (Å²) in [5.41, 5.74) is 4.31. The molecule has 0 spiro atoms. The molecule has 0 radical (unpaired) electrons. The van der Waals surface area contributed by atoms with E-state index in [1.165, 1.54) is 0 Å². The molecular weight excluding hydrogens is 294 g/mol. The van der Waals surface area contributed by atoms with Crippen LogP contribution >= 0.6 is 0 Å². The summed E-state index contributed by atoms with van der Waals surface area (Å²) in [5, 5.41) is 28.4. The smallest absolute Gasteiger partial charge is 0.100 e. The summed E-state index contributed by atoms with van der Waals surface area (Å²) in [5.74, 6) is 0. The monoisotopic (exact) mass is 305 g/mol. The van der Waals surface area contributed by atoms with Gasteiger partial charge in [0.25, 0.3) is 0 Å². The third-order valence-corrected chi connectivity index (χ3v) is 3.85. The van der Waals surface area contributed by atoms with Crippen LogP contribution in [0.4, 0.5) is 0 Å². The first kappa shape index (κ1) is 15.0. The quantitative estimate of drug-likeness (QED) is 0.692. The normalized spacial score (nSPS) is 9.54. The molecule has 3 nitrogen and oxygen atoms in total. The van der Waals surface area contributed by atoms with E-state index in [0.29, 0.717) is 38.9 Å². The molecule has 0 heterocycles. The Bertz CT molecular complexity index is 968. The molecule has 0 N–H and O–H groups in total. The second kappa shape index (κ2) is 6.49. The summed E-state index contributed by atoms with van der Waals surface area (Å²) in [6.07, 6.45) is 0. The third kappa shape index (κ3) is 2.50. The first-order chi connectivity index (χ1) is 11.8. The van der Waals surface area contributed by atoms with E-state index in [2.05, 4.69) is 18.2 Å². The van der Waals surface area contributed by atoms with Gasteiger partial charge in [-0.2, -0.15) is 15.8 Å². The number of hydrogen-bond acceptors (Lipinski definition) is 3. The molecule has 0 saturated heterocycles. The van der Waals surface area contributed by atoms with Gasteiger partial charge in [0, 0.05) is 22.3 Å². The van der Waals surface area contributed by atoms with Gasteiger partial charge < -0.3 is 0 Å². The largest absolute Gasteiger partial charge is 0.192 e. The fraction of sp³-hybridized carbons (Fsp3) is 0. The maximum atomic E-state index is 9.73. The van der Waals surface area contributed by atoms with Gasteiger partial charge in [0.1, 0.15) is 6.07 Å². The lowest BCUT2D eigenvalue weighted by molar-refractivity contribution is 1.44. The summed E-state index contributed by atoms with van der Waals surface area (Å²) in [4.78, 5) is 0. The summed E-state index contributed by atoms with van der Waals surface area (Å²) >= 11 is 0. The molecule has 0 fully saturated rings. The molecule has 3 aromatic rings. The molecule has 0 unspecified atom stereocenters. The van der Waals surface area contributed by atoms with Gasteiger partial charge in [-0.3, -0.25) is 0 Å². The Morgan fingerprint density at radius 2 is 0.875 bits per heavy atom. The number of hydrogen-bond donors (Lipinski definition) is 0. The van der Waals surface area contributed by atoms with Crippen molar-refractivity contribution >= 4 is 0 Å². The Balaban J connectivity index is 2.32. The van der Waals surface area contributed by atoms with Gasteiger partial charge in [-0.1, -0.05) is 54.6 Å². The highest BCUT2D eigenvalue weighted by Gasteiger charge is 2.15. The van der Waals surface area contributed by atoms with Crippen LogP contribution in [0, 0.1) is 34.0 Å². The van der Waals surface area contributed by atoms with Crippen molar-refractivity contribution in [2.75, 3.05) is 0 Å². The molecule has 0 bridgehead atoms. The van der Waals surface area contributed by atoms with Gasteiger partial charge in [-0.15, -0.1) is 0 Å². The van der Waals surface area contributed by atoms with Crippen molar-refractivity contribution < 1.29 is 0 Å². The van der Waals surface area contributed by atoms with Crippen LogP contribution in [0.5, 0.6) is 0 Å². The minimum Gasteiger partial charge on any atom is -0.192 e. The summed E-state index contributed by atoms with van der Waals surface area (Å²) in [7, 11) is 0. The molecular formula is C21H11N3. The average Bonchev–Trinajstić information content (AvgIpc) is 2.67. The summed E-state index contributed by atoms with van der Waals surface area (Å²) in [6, 6.07) is 26.5. The second-order valence-corrected chi connectivity index (χ2v) is 5.15. The van der Waals surface area contributed by atoms with Gasteiger partial charge in [0.2, 0.25) is 0 Å². The lowest BCUT2D eigenvalue weighted by Crippen LogP contribution is -1.93. The molecule has 0 aliphatic heterocycles. The standard InChI is InChI=1S/C21H11N3/c22-12-15-6-1-3-8-17(15)19-10-5-11-20(21(19)14-24)18-9-4-2-7-16(18)13-23/h1-11H. The molecule has 0 saturated carbocycles. The first-order valence-electron chi connectivity index (χ1n) is 7.32. The van der Waals surface area contributed by atoms with Gasteiger partial charge in [0.05, 0.1) is 28.8 Å². The van der Waals surface area contributed by atoms with Crippen LogP contribution in [0.2, 0.25) is 0 Å². The zero-order valence-electron chi connectivity index (χ0n) is 12.7. The Hall–Kier alpha value is -3.87. The maximum Gasteiger partial charge on any atom is 0.100 e. The Labute approximate surface area is 140 Å². The minimum atomic E-state index is 0.461. The molecule has 3 heteroatoms. The van der Waals surface area contributed by atoms with Crippen molar-refractivity contribution in [1.82, 2.24) is 0 Å². The predicted molar refractivity (Wildman–Crippen MR) is 91.5 cm³/mol. The predicted octanol–water partition coefficient (Wildman–Crippen LogP) is 4.64. The molecule has 3 aromatic carbocycles. The van der Waals surface area contributed by atoms with Gasteiger partial charge in [-0.25, -0.2) is 0 Å². The van der Waals surface area contributed by atoms with E-state index in [9.17, 15) is 15.8 Å². The molecule has 24 heavy (non-hydrogen) atoms. The lowest BCUT2D eigenvalue weighted by Gasteiger charge is -2.12. The highest BCUT2D eigenvalue weighted by atomic mass is 14.3. The highest BCUT2D eigenvalue weighted by molar-refractivity contribution is 5.85. The second-order valence-electron chi connectivity index (χ2n) is 5.15.